The molecule has 1 aromatic carbocycles. The van der Waals surface area contributed by atoms with Crippen LogP contribution in [-0.2, 0) is 24.3 Å². The number of para-hydroxylation sites is 1. The maximum absolute atomic E-state index is 13.3. The van der Waals surface area contributed by atoms with Gasteiger partial charge in [0.25, 0.3) is 16.0 Å². The number of fused-ring (bicyclic) bond motifs is 3. The van der Waals surface area contributed by atoms with Crippen LogP contribution < -0.4 is 5.01 Å². The molecule has 0 atom stereocenters. The summed E-state index contributed by atoms with van der Waals surface area (Å²) in [5.74, 6) is -1.31. The van der Waals surface area contributed by atoms with E-state index >= 15 is 0 Å². The molecule has 0 aromatic heterocycles. The Hall–Kier alpha value is -2.95. The van der Waals surface area contributed by atoms with Crippen LogP contribution in [0, 0.1) is 0 Å². The summed E-state index contributed by atoms with van der Waals surface area (Å²) < 4.78 is 33.7. The Kier molecular flexibility index (Phi) is 5.69. The number of carbonyl (C=O) groups excluding carboxylic acids is 2. The van der Waals surface area contributed by atoms with Crippen molar-refractivity contribution in [3.8, 4) is 0 Å². The number of hydrogen-bond acceptors (Lipinski definition) is 8. The van der Waals surface area contributed by atoms with Crippen LogP contribution in [0.15, 0.2) is 38.6 Å². The highest BCUT2D eigenvalue weighted by Crippen LogP contribution is 2.35. The number of sulfonamides is 1. The quantitative estimate of drug-likeness (QED) is 0.629. The van der Waals surface area contributed by atoms with E-state index in [9.17, 15) is 18.0 Å². The Balaban J connectivity index is 1.70. The molecule has 31 heavy (non-hydrogen) atoms. The van der Waals surface area contributed by atoms with E-state index in [1.54, 1.807) is 18.2 Å². The van der Waals surface area contributed by atoms with Crippen LogP contribution in [0.3, 0.4) is 0 Å². The molecule has 11 heteroatoms. The lowest BCUT2D eigenvalue weighted by atomic mass is 9.94. The Morgan fingerprint density at radius 3 is 2.58 bits per heavy atom. The number of methoxy groups -OCH3 is 1. The molecule has 4 rings (SSSR count). The number of benzene rings is 1. The number of hydrazine groups is 1. The van der Waals surface area contributed by atoms with Crippen LogP contribution >= 0.6 is 0 Å². The summed E-state index contributed by atoms with van der Waals surface area (Å²) in [6, 6.07) is 6.45. The van der Waals surface area contributed by atoms with Crippen molar-refractivity contribution in [3.05, 3.63) is 24.3 Å². The molecule has 1 fully saturated rings. The molecular formula is C20H25N5O5S. The van der Waals surface area contributed by atoms with Gasteiger partial charge in [0.15, 0.2) is 0 Å². The predicted molar refractivity (Wildman–Crippen MR) is 114 cm³/mol. The van der Waals surface area contributed by atoms with Gasteiger partial charge in [-0.1, -0.05) is 31.4 Å². The highest BCUT2D eigenvalue weighted by atomic mass is 32.2. The topological polar surface area (TPSA) is 112 Å². The summed E-state index contributed by atoms with van der Waals surface area (Å²) in [4.78, 5) is 31.6. The van der Waals surface area contributed by atoms with E-state index in [1.165, 1.54) is 29.6 Å². The summed E-state index contributed by atoms with van der Waals surface area (Å²) in [6.45, 7) is 2.29. The molecule has 166 valence electrons. The van der Waals surface area contributed by atoms with Crippen molar-refractivity contribution < 1.29 is 22.7 Å². The van der Waals surface area contributed by atoms with Crippen LogP contribution in [0.1, 0.15) is 39.0 Å². The van der Waals surface area contributed by atoms with Crippen molar-refractivity contribution >= 4 is 39.4 Å². The summed E-state index contributed by atoms with van der Waals surface area (Å²) in [6.07, 6.45) is 5.25. The molecule has 2 heterocycles. The zero-order valence-electron chi connectivity index (χ0n) is 17.5. The van der Waals surface area contributed by atoms with Crippen molar-refractivity contribution in [1.29, 1.82) is 0 Å². The van der Waals surface area contributed by atoms with E-state index in [2.05, 4.69) is 9.39 Å². The molecule has 0 saturated heterocycles. The van der Waals surface area contributed by atoms with Gasteiger partial charge in [-0.3, -0.25) is 4.79 Å². The maximum atomic E-state index is 13.3. The summed E-state index contributed by atoms with van der Waals surface area (Å²) in [5, 5.41) is 2.75. The normalized spacial score (nSPS) is 19.8. The molecule has 2 aliphatic heterocycles. The number of guanidine groups is 1. The molecule has 1 aromatic rings. The average molecular weight is 448 g/mol. The van der Waals surface area contributed by atoms with Crippen LogP contribution in [0.25, 0.3) is 0 Å². The van der Waals surface area contributed by atoms with Crippen LogP contribution in [-0.4, -0.2) is 68.2 Å². The van der Waals surface area contributed by atoms with Gasteiger partial charge in [-0.05, 0) is 31.9 Å². The third-order valence-corrected chi connectivity index (χ3v) is 7.09. The van der Waals surface area contributed by atoms with Gasteiger partial charge >= 0.3 is 5.97 Å². The molecule has 0 spiro atoms. The fraction of sp³-hybridized carbons (Fsp3) is 0.500. The van der Waals surface area contributed by atoms with E-state index in [-0.39, 0.29) is 40.9 Å². The standard InChI is InChI=1S/C20H25N5O5S/c1-3-23(14-9-5-4-6-10-14)17(26)13-24-18(19(27)30-2)21-20-22-31(28,29)16-12-8-7-11-15(16)25(20)24/h7-8,11-12,14H,3-6,9-10,13H2,1-2H3. The molecule has 0 N–H and O–H groups in total. The number of ether oxygens (including phenoxy) is 1. The fourth-order valence-corrected chi connectivity index (χ4v) is 5.44. The number of esters is 1. The fourth-order valence-electron chi connectivity index (χ4n) is 4.34. The summed E-state index contributed by atoms with van der Waals surface area (Å²) in [5.41, 5.74) is 0.281. The first-order valence-corrected chi connectivity index (χ1v) is 11.8. The monoisotopic (exact) mass is 447 g/mol. The van der Waals surface area contributed by atoms with Crippen molar-refractivity contribution in [1.82, 2.24) is 9.91 Å². The minimum Gasteiger partial charge on any atom is -0.463 e. The van der Waals surface area contributed by atoms with Gasteiger partial charge in [0.2, 0.25) is 11.7 Å². The van der Waals surface area contributed by atoms with Gasteiger partial charge in [0.1, 0.15) is 11.4 Å². The number of amidine groups is 1. The Morgan fingerprint density at radius 1 is 1.19 bits per heavy atom. The van der Waals surface area contributed by atoms with Crippen LogP contribution in [0.5, 0.6) is 0 Å². The molecule has 1 aliphatic carbocycles. The number of carbonyl (C=O) groups is 2. The average Bonchev–Trinajstić information content (AvgIpc) is 3.11. The van der Waals surface area contributed by atoms with Crippen molar-refractivity contribution in [2.45, 2.75) is 50.0 Å². The van der Waals surface area contributed by atoms with Crippen LogP contribution in [0.2, 0.25) is 0 Å². The molecule has 0 bridgehead atoms. The Morgan fingerprint density at radius 2 is 1.90 bits per heavy atom. The number of aliphatic imine (C=N–C) groups is 1. The third-order valence-electron chi connectivity index (χ3n) is 5.78. The van der Waals surface area contributed by atoms with Gasteiger partial charge in [0.05, 0.1) is 12.8 Å². The van der Waals surface area contributed by atoms with Gasteiger partial charge in [0, 0.05) is 12.6 Å². The first-order chi connectivity index (χ1) is 14.9. The van der Waals surface area contributed by atoms with Gasteiger partial charge in [-0.15, -0.1) is 4.40 Å². The van der Waals surface area contributed by atoms with E-state index in [1.807, 2.05) is 11.8 Å². The lowest BCUT2D eigenvalue weighted by Crippen LogP contribution is -2.54. The molecule has 1 saturated carbocycles. The molecule has 10 nitrogen and oxygen atoms in total. The van der Waals surface area contributed by atoms with Crippen molar-refractivity contribution in [2.24, 2.45) is 9.39 Å². The van der Waals surface area contributed by atoms with Gasteiger partial charge in [-0.2, -0.15) is 13.4 Å². The van der Waals surface area contributed by atoms with Crippen LogP contribution in [0.4, 0.5) is 5.69 Å². The summed E-state index contributed by atoms with van der Waals surface area (Å²) >= 11 is 0. The number of amides is 1. The number of rotatable bonds is 5. The SMILES string of the molecule is CCN(C(=O)CN1C(C(=O)OC)=NC2=NS(=O)(=O)c3ccccc3N21)C1CCCCC1. The molecule has 3 aliphatic rings. The predicted octanol–water partition coefficient (Wildman–Crippen LogP) is 1.53. The van der Waals surface area contributed by atoms with Gasteiger partial charge < -0.3 is 9.64 Å². The summed E-state index contributed by atoms with van der Waals surface area (Å²) in [7, 11) is -2.77. The molecular weight excluding hydrogens is 422 g/mol. The molecule has 0 unspecified atom stereocenters. The van der Waals surface area contributed by atoms with E-state index in [4.69, 9.17) is 4.74 Å². The smallest absolute Gasteiger partial charge is 0.375 e. The largest absolute Gasteiger partial charge is 0.463 e. The third kappa shape index (κ3) is 3.78. The minimum absolute atomic E-state index is 0.0165. The first-order valence-electron chi connectivity index (χ1n) is 10.4. The zero-order valence-corrected chi connectivity index (χ0v) is 18.3. The molecule has 1 amide bonds. The van der Waals surface area contributed by atoms with E-state index in [0.29, 0.717) is 6.54 Å². The zero-order chi connectivity index (χ0) is 22.2. The highest BCUT2D eigenvalue weighted by molar-refractivity contribution is 7.90. The first kappa shape index (κ1) is 21.3. The number of nitrogens with zero attached hydrogens (tertiary/aromatic N) is 5. The van der Waals surface area contributed by atoms with E-state index < -0.39 is 16.0 Å². The Bertz CT molecular complexity index is 1060. The number of hydrogen-bond donors (Lipinski definition) is 0. The minimum atomic E-state index is -3.98. The highest BCUT2D eigenvalue weighted by Gasteiger charge is 2.44. The second-order valence-corrected chi connectivity index (χ2v) is 9.17. The lowest BCUT2D eigenvalue weighted by Gasteiger charge is -2.37. The van der Waals surface area contributed by atoms with E-state index in [0.717, 1.165) is 25.7 Å². The van der Waals surface area contributed by atoms with Gasteiger partial charge in [-0.25, -0.2) is 14.8 Å². The van der Waals surface area contributed by atoms with Crippen molar-refractivity contribution in [3.63, 3.8) is 0 Å². The number of anilines is 1. The molecule has 0 radical (unpaired) electrons. The second-order valence-electron chi connectivity index (χ2n) is 7.60. The number of likely N-dealkylation sites (N-methyl/N-ethyl adjacent to an activating group) is 1. The Labute approximate surface area is 181 Å². The lowest BCUT2D eigenvalue weighted by molar-refractivity contribution is -0.135. The van der Waals surface area contributed by atoms with Crippen molar-refractivity contribution in [2.75, 3.05) is 25.2 Å². The second kappa shape index (κ2) is 8.29. The maximum Gasteiger partial charge on any atom is 0.375 e.